The summed E-state index contributed by atoms with van der Waals surface area (Å²) in [4.78, 5) is 38.4. The van der Waals surface area contributed by atoms with Crippen molar-refractivity contribution in [2.45, 2.75) is 37.8 Å². The molecule has 1 aliphatic heterocycles. The van der Waals surface area contributed by atoms with Crippen molar-refractivity contribution in [2.75, 3.05) is 0 Å². The fourth-order valence-corrected chi connectivity index (χ4v) is 4.71. The van der Waals surface area contributed by atoms with Crippen molar-refractivity contribution in [3.63, 3.8) is 0 Å². The van der Waals surface area contributed by atoms with Gasteiger partial charge in [-0.2, -0.15) is 0 Å². The number of aryl methyl sites for hydroxylation is 1. The van der Waals surface area contributed by atoms with E-state index < -0.39 is 33.8 Å². The smallest absolute Gasteiger partial charge is 0.267 e. The molecule has 28 heavy (non-hydrogen) atoms. The van der Waals surface area contributed by atoms with Crippen molar-refractivity contribution in [1.29, 1.82) is 0 Å². The number of carbonyl (C=O) groups is 3. The van der Waals surface area contributed by atoms with Crippen molar-refractivity contribution in [3.05, 3.63) is 65.7 Å². The Hall–Kier alpha value is -3.00. The van der Waals surface area contributed by atoms with E-state index in [1.54, 1.807) is 43.3 Å². The van der Waals surface area contributed by atoms with Crippen LogP contribution in [0.4, 0.5) is 0 Å². The largest absolute Gasteiger partial charge is 0.276 e. The second kappa shape index (κ2) is 7.55. The van der Waals surface area contributed by atoms with E-state index in [-0.39, 0.29) is 17.9 Å². The number of benzene rings is 2. The van der Waals surface area contributed by atoms with Gasteiger partial charge in [-0.15, -0.1) is 0 Å². The molecule has 0 N–H and O–H groups in total. The standard InChI is InChI=1S/C20H20N2O5S/c1-14-8-10-17(11-9-14)28(26,27)22(15(2)23)18-12-19(24)21(20(18)25)13-16-6-4-3-5-7-16/h3-11,18H,12-13H2,1-2H3/t18-/m0/s1. The van der Waals surface area contributed by atoms with Crippen LogP contribution < -0.4 is 0 Å². The average molecular weight is 400 g/mol. The maximum atomic E-state index is 13.0. The van der Waals surface area contributed by atoms with Crippen molar-refractivity contribution in [2.24, 2.45) is 0 Å². The van der Waals surface area contributed by atoms with Crippen LogP contribution in [0.25, 0.3) is 0 Å². The lowest BCUT2D eigenvalue weighted by Crippen LogP contribution is -2.47. The minimum absolute atomic E-state index is 0.0331. The zero-order valence-electron chi connectivity index (χ0n) is 15.5. The second-order valence-corrected chi connectivity index (χ2v) is 8.47. The van der Waals surface area contributed by atoms with Gasteiger partial charge in [-0.05, 0) is 24.6 Å². The van der Waals surface area contributed by atoms with Gasteiger partial charge in [0.2, 0.25) is 11.8 Å². The summed E-state index contributed by atoms with van der Waals surface area (Å²) in [6.07, 6.45) is -0.365. The maximum absolute atomic E-state index is 13.0. The zero-order chi connectivity index (χ0) is 20.5. The summed E-state index contributed by atoms with van der Waals surface area (Å²) in [6.45, 7) is 2.91. The number of likely N-dealkylation sites (tertiary alicyclic amines) is 1. The van der Waals surface area contributed by atoms with Crippen LogP contribution >= 0.6 is 0 Å². The first kappa shape index (κ1) is 19.8. The molecule has 1 fully saturated rings. The SMILES string of the molecule is CC(=O)N([C@H]1CC(=O)N(Cc2ccccc2)C1=O)S(=O)(=O)c1ccc(C)cc1. The molecule has 3 rings (SSSR count). The fourth-order valence-electron chi connectivity index (χ4n) is 3.16. The molecule has 8 heteroatoms. The molecular formula is C20H20N2O5S. The lowest BCUT2D eigenvalue weighted by atomic mass is 10.2. The molecule has 1 aliphatic rings. The van der Waals surface area contributed by atoms with Crippen LogP contribution in [0.2, 0.25) is 0 Å². The Bertz CT molecular complexity index is 1020. The van der Waals surface area contributed by atoms with Crippen molar-refractivity contribution in [3.8, 4) is 0 Å². The minimum atomic E-state index is -4.27. The lowest BCUT2D eigenvalue weighted by Gasteiger charge is -2.26. The van der Waals surface area contributed by atoms with Crippen molar-refractivity contribution in [1.82, 2.24) is 9.21 Å². The first-order valence-electron chi connectivity index (χ1n) is 8.71. The van der Waals surface area contributed by atoms with Crippen LogP contribution in [0.1, 0.15) is 24.5 Å². The molecule has 2 aromatic rings. The molecule has 146 valence electrons. The van der Waals surface area contributed by atoms with Crippen LogP contribution in [0.15, 0.2) is 59.5 Å². The monoisotopic (exact) mass is 400 g/mol. The third-order valence-corrected chi connectivity index (χ3v) is 6.47. The average Bonchev–Trinajstić information content (AvgIpc) is 2.90. The summed E-state index contributed by atoms with van der Waals surface area (Å²) in [5.74, 6) is -2.02. The third-order valence-electron chi connectivity index (χ3n) is 4.57. The Kier molecular flexibility index (Phi) is 5.33. The molecule has 7 nitrogen and oxygen atoms in total. The third kappa shape index (κ3) is 3.68. The van der Waals surface area contributed by atoms with E-state index in [1.807, 2.05) is 6.07 Å². The number of amides is 3. The normalized spacial score (nSPS) is 17.1. The molecule has 0 bridgehead atoms. The molecule has 1 atom stereocenters. The van der Waals surface area contributed by atoms with E-state index in [0.29, 0.717) is 4.31 Å². The predicted molar refractivity (Wildman–Crippen MR) is 101 cm³/mol. The van der Waals surface area contributed by atoms with Gasteiger partial charge in [0, 0.05) is 6.92 Å². The van der Waals surface area contributed by atoms with E-state index in [9.17, 15) is 22.8 Å². The number of carbonyl (C=O) groups excluding carboxylic acids is 3. The van der Waals surface area contributed by atoms with Gasteiger partial charge in [-0.3, -0.25) is 19.3 Å². The molecule has 1 saturated heterocycles. The summed E-state index contributed by atoms with van der Waals surface area (Å²) in [7, 11) is -4.27. The molecule has 0 radical (unpaired) electrons. The quantitative estimate of drug-likeness (QED) is 0.715. The molecule has 2 aromatic carbocycles. The van der Waals surface area contributed by atoms with E-state index in [2.05, 4.69) is 0 Å². The van der Waals surface area contributed by atoms with Crippen molar-refractivity contribution >= 4 is 27.7 Å². The van der Waals surface area contributed by atoms with E-state index in [4.69, 9.17) is 0 Å². The summed E-state index contributed by atoms with van der Waals surface area (Å²) in [5.41, 5.74) is 1.59. The summed E-state index contributed by atoms with van der Waals surface area (Å²) >= 11 is 0. The van der Waals surface area contributed by atoms with E-state index in [1.165, 1.54) is 12.1 Å². The highest BCUT2D eigenvalue weighted by Crippen LogP contribution is 2.27. The van der Waals surface area contributed by atoms with Crippen LogP contribution in [0.5, 0.6) is 0 Å². The first-order valence-corrected chi connectivity index (χ1v) is 10.2. The van der Waals surface area contributed by atoms with E-state index >= 15 is 0 Å². The Morgan fingerprint density at radius 2 is 1.68 bits per heavy atom. The molecular weight excluding hydrogens is 380 g/mol. The van der Waals surface area contributed by atoms with Gasteiger partial charge in [0.25, 0.3) is 15.9 Å². The highest BCUT2D eigenvalue weighted by atomic mass is 32.2. The lowest BCUT2D eigenvalue weighted by molar-refractivity contribution is -0.141. The van der Waals surface area contributed by atoms with Gasteiger partial charge >= 0.3 is 0 Å². The minimum Gasteiger partial charge on any atom is -0.276 e. The molecule has 3 amide bonds. The number of hydrogen-bond donors (Lipinski definition) is 0. The van der Waals surface area contributed by atoms with Gasteiger partial charge < -0.3 is 0 Å². The maximum Gasteiger partial charge on any atom is 0.267 e. The molecule has 0 aliphatic carbocycles. The van der Waals surface area contributed by atoms with Crippen LogP contribution in [0.3, 0.4) is 0 Å². The Labute approximate surface area is 163 Å². The summed E-state index contributed by atoms with van der Waals surface area (Å²) in [6, 6.07) is 13.5. The molecule has 0 spiro atoms. The highest BCUT2D eigenvalue weighted by molar-refractivity contribution is 7.89. The van der Waals surface area contributed by atoms with Gasteiger partial charge in [-0.1, -0.05) is 48.0 Å². The van der Waals surface area contributed by atoms with Gasteiger partial charge in [-0.25, -0.2) is 12.7 Å². The fraction of sp³-hybridized carbons (Fsp3) is 0.250. The predicted octanol–water partition coefficient (Wildman–Crippen LogP) is 1.86. The first-order chi connectivity index (χ1) is 13.2. The Balaban J connectivity index is 1.92. The van der Waals surface area contributed by atoms with Gasteiger partial charge in [0.05, 0.1) is 17.9 Å². The van der Waals surface area contributed by atoms with E-state index in [0.717, 1.165) is 23.0 Å². The number of rotatable bonds is 5. The Morgan fingerprint density at radius 1 is 1.07 bits per heavy atom. The Morgan fingerprint density at radius 3 is 2.25 bits per heavy atom. The topological polar surface area (TPSA) is 91.8 Å². The van der Waals surface area contributed by atoms with Crippen LogP contribution in [-0.4, -0.2) is 41.4 Å². The second-order valence-electron chi connectivity index (χ2n) is 6.66. The van der Waals surface area contributed by atoms with Gasteiger partial charge in [0.1, 0.15) is 6.04 Å². The summed E-state index contributed by atoms with van der Waals surface area (Å²) < 4.78 is 26.6. The zero-order valence-corrected chi connectivity index (χ0v) is 16.3. The molecule has 0 saturated carbocycles. The van der Waals surface area contributed by atoms with Gasteiger partial charge in [0.15, 0.2) is 0 Å². The number of nitrogens with zero attached hydrogens (tertiary/aromatic N) is 2. The molecule has 0 aromatic heterocycles. The number of hydrogen-bond acceptors (Lipinski definition) is 5. The summed E-state index contributed by atoms with van der Waals surface area (Å²) in [5, 5.41) is 0. The van der Waals surface area contributed by atoms with Crippen LogP contribution in [-0.2, 0) is 31.0 Å². The van der Waals surface area contributed by atoms with Crippen LogP contribution in [0, 0.1) is 6.92 Å². The van der Waals surface area contributed by atoms with Crippen molar-refractivity contribution < 1.29 is 22.8 Å². The number of imide groups is 1. The number of sulfonamides is 1. The highest BCUT2D eigenvalue weighted by Gasteiger charge is 2.47. The molecule has 1 heterocycles. The molecule has 0 unspecified atom stereocenters.